The molecule has 7 heteroatoms. The standard InChI is InChI=1S/C13H22N4O3/c1-8(2)6-10(12(18)19)7-16-13(20)17-9(3)11-14-4-5-15-11/h4-5,8-10H,6-7H2,1-3H3,(H,14,15)(H,18,19)(H2,16,17,20). The van der Waals surface area contributed by atoms with E-state index >= 15 is 0 Å². The van der Waals surface area contributed by atoms with Gasteiger partial charge in [-0.25, -0.2) is 9.78 Å². The summed E-state index contributed by atoms with van der Waals surface area (Å²) >= 11 is 0. The second kappa shape index (κ2) is 7.52. The highest BCUT2D eigenvalue weighted by molar-refractivity contribution is 5.76. The van der Waals surface area contributed by atoms with Crippen molar-refractivity contribution in [3.05, 3.63) is 18.2 Å². The lowest BCUT2D eigenvalue weighted by Gasteiger charge is -2.17. The van der Waals surface area contributed by atoms with Gasteiger partial charge in [0.25, 0.3) is 0 Å². The van der Waals surface area contributed by atoms with E-state index in [9.17, 15) is 9.59 Å². The number of aromatic amines is 1. The van der Waals surface area contributed by atoms with E-state index in [0.29, 0.717) is 12.2 Å². The normalized spacial score (nSPS) is 13.8. The maximum Gasteiger partial charge on any atom is 0.315 e. The fourth-order valence-corrected chi connectivity index (χ4v) is 1.89. The van der Waals surface area contributed by atoms with Gasteiger partial charge in [0.15, 0.2) is 0 Å². The number of urea groups is 1. The SMILES string of the molecule is CC(C)CC(CNC(=O)NC(C)c1ncc[nH]1)C(=O)O. The van der Waals surface area contributed by atoms with E-state index in [-0.39, 0.29) is 18.5 Å². The summed E-state index contributed by atoms with van der Waals surface area (Å²) in [5.41, 5.74) is 0. The lowest BCUT2D eigenvalue weighted by Crippen LogP contribution is -2.41. The van der Waals surface area contributed by atoms with Crippen LogP contribution < -0.4 is 10.6 Å². The van der Waals surface area contributed by atoms with E-state index in [2.05, 4.69) is 20.6 Å². The molecule has 0 spiro atoms. The first-order chi connectivity index (χ1) is 9.40. The summed E-state index contributed by atoms with van der Waals surface area (Å²) in [7, 11) is 0. The molecular weight excluding hydrogens is 260 g/mol. The van der Waals surface area contributed by atoms with Gasteiger partial charge in [0.2, 0.25) is 0 Å². The Kier molecular flexibility index (Phi) is 6.02. The lowest BCUT2D eigenvalue weighted by molar-refractivity contribution is -0.142. The number of rotatable bonds is 7. The summed E-state index contributed by atoms with van der Waals surface area (Å²) in [5, 5.41) is 14.4. The highest BCUT2D eigenvalue weighted by Crippen LogP contribution is 2.11. The molecule has 112 valence electrons. The average molecular weight is 282 g/mol. The number of nitrogens with zero attached hydrogens (tertiary/aromatic N) is 1. The van der Waals surface area contributed by atoms with Crippen molar-refractivity contribution >= 4 is 12.0 Å². The minimum Gasteiger partial charge on any atom is -0.481 e. The Morgan fingerprint density at radius 3 is 2.60 bits per heavy atom. The zero-order valence-corrected chi connectivity index (χ0v) is 12.0. The number of carbonyl (C=O) groups is 2. The van der Waals surface area contributed by atoms with Crippen molar-refractivity contribution in [1.82, 2.24) is 20.6 Å². The number of imidazole rings is 1. The molecule has 0 aliphatic heterocycles. The Hall–Kier alpha value is -2.05. The van der Waals surface area contributed by atoms with E-state index in [4.69, 9.17) is 5.11 Å². The quantitative estimate of drug-likeness (QED) is 0.608. The molecule has 4 N–H and O–H groups in total. The number of hydrogen-bond acceptors (Lipinski definition) is 3. The second-order valence-corrected chi connectivity index (χ2v) is 5.22. The van der Waals surface area contributed by atoms with Crippen LogP contribution in [0.2, 0.25) is 0 Å². The summed E-state index contributed by atoms with van der Waals surface area (Å²) in [6, 6.07) is -0.665. The van der Waals surface area contributed by atoms with Crippen LogP contribution in [0, 0.1) is 11.8 Å². The van der Waals surface area contributed by atoms with Crippen molar-refractivity contribution in [2.24, 2.45) is 11.8 Å². The predicted molar refractivity (Wildman–Crippen MR) is 74.1 cm³/mol. The monoisotopic (exact) mass is 282 g/mol. The van der Waals surface area contributed by atoms with Gasteiger partial charge in [0.05, 0.1) is 12.0 Å². The molecule has 0 aliphatic rings. The van der Waals surface area contributed by atoms with Crippen LogP contribution in [0.1, 0.15) is 39.1 Å². The zero-order chi connectivity index (χ0) is 15.1. The number of carbonyl (C=O) groups excluding carboxylic acids is 1. The molecule has 0 bridgehead atoms. The maximum absolute atomic E-state index is 11.7. The molecule has 0 saturated carbocycles. The van der Waals surface area contributed by atoms with Crippen LogP contribution in [0.3, 0.4) is 0 Å². The van der Waals surface area contributed by atoms with Gasteiger partial charge < -0.3 is 20.7 Å². The number of H-pyrrole nitrogens is 1. The number of aliphatic carboxylic acids is 1. The third-order valence-corrected chi connectivity index (χ3v) is 2.89. The van der Waals surface area contributed by atoms with Gasteiger partial charge in [-0.2, -0.15) is 0 Å². The molecule has 0 radical (unpaired) electrons. The third kappa shape index (κ3) is 5.29. The molecule has 7 nitrogen and oxygen atoms in total. The number of amides is 2. The highest BCUT2D eigenvalue weighted by Gasteiger charge is 2.20. The Balaban J connectivity index is 2.39. The maximum atomic E-state index is 11.7. The molecule has 1 aromatic rings. The molecule has 0 saturated heterocycles. The van der Waals surface area contributed by atoms with Gasteiger partial charge in [-0.05, 0) is 19.3 Å². The number of carboxylic acid groups (broad SMARTS) is 1. The lowest BCUT2D eigenvalue weighted by atomic mass is 9.97. The minimum absolute atomic E-state index is 0.115. The Morgan fingerprint density at radius 2 is 2.10 bits per heavy atom. The molecule has 2 atom stereocenters. The van der Waals surface area contributed by atoms with Crippen LogP contribution in [0.4, 0.5) is 4.79 Å². The fraction of sp³-hybridized carbons (Fsp3) is 0.615. The minimum atomic E-state index is -0.891. The van der Waals surface area contributed by atoms with Crippen molar-refractivity contribution in [3.8, 4) is 0 Å². The number of nitrogens with one attached hydrogen (secondary N) is 3. The Bertz CT molecular complexity index is 431. The van der Waals surface area contributed by atoms with Crippen molar-refractivity contribution in [1.29, 1.82) is 0 Å². The van der Waals surface area contributed by atoms with E-state index in [1.165, 1.54) is 0 Å². The second-order valence-electron chi connectivity index (χ2n) is 5.22. The van der Waals surface area contributed by atoms with Crippen LogP contribution in [-0.4, -0.2) is 33.6 Å². The first kappa shape index (κ1) is 16.0. The van der Waals surface area contributed by atoms with Gasteiger partial charge in [0, 0.05) is 18.9 Å². The zero-order valence-electron chi connectivity index (χ0n) is 12.0. The summed E-state index contributed by atoms with van der Waals surface area (Å²) in [4.78, 5) is 29.7. The van der Waals surface area contributed by atoms with E-state index in [1.807, 2.05) is 13.8 Å². The van der Waals surface area contributed by atoms with Crippen molar-refractivity contribution in [3.63, 3.8) is 0 Å². The Morgan fingerprint density at radius 1 is 1.40 bits per heavy atom. The Labute approximate surface area is 118 Å². The first-order valence-electron chi connectivity index (χ1n) is 6.66. The molecule has 1 rings (SSSR count). The number of aromatic nitrogens is 2. The van der Waals surface area contributed by atoms with Crippen molar-refractivity contribution < 1.29 is 14.7 Å². The number of hydrogen-bond donors (Lipinski definition) is 4. The van der Waals surface area contributed by atoms with E-state index in [1.54, 1.807) is 19.3 Å². The smallest absolute Gasteiger partial charge is 0.315 e. The van der Waals surface area contributed by atoms with Gasteiger partial charge in [-0.15, -0.1) is 0 Å². The van der Waals surface area contributed by atoms with Crippen molar-refractivity contribution in [2.75, 3.05) is 6.54 Å². The predicted octanol–water partition coefficient (Wildman–Crippen LogP) is 1.52. The summed E-state index contributed by atoms with van der Waals surface area (Å²) in [6.45, 7) is 5.81. The molecule has 1 aromatic heterocycles. The average Bonchev–Trinajstić information content (AvgIpc) is 2.87. The van der Waals surface area contributed by atoms with Crippen LogP contribution >= 0.6 is 0 Å². The van der Waals surface area contributed by atoms with Gasteiger partial charge in [-0.3, -0.25) is 4.79 Å². The molecule has 0 fully saturated rings. The van der Waals surface area contributed by atoms with Crippen LogP contribution in [-0.2, 0) is 4.79 Å². The first-order valence-corrected chi connectivity index (χ1v) is 6.66. The van der Waals surface area contributed by atoms with E-state index in [0.717, 1.165) is 0 Å². The molecular formula is C13H22N4O3. The van der Waals surface area contributed by atoms with Crippen LogP contribution in [0.25, 0.3) is 0 Å². The summed E-state index contributed by atoms with van der Waals surface area (Å²) < 4.78 is 0. The van der Waals surface area contributed by atoms with Crippen LogP contribution in [0.5, 0.6) is 0 Å². The summed E-state index contributed by atoms with van der Waals surface area (Å²) in [6.07, 6.45) is 3.81. The molecule has 2 amide bonds. The summed E-state index contributed by atoms with van der Waals surface area (Å²) in [5.74, 6) is -0.544. The third-order valence-electron chi connectivity index (χ3n) is 2.89. The molecule has 2 unspecified atom stereocenters. The van der Waals surface area contributed by atoms with E-state index < -0.39 is 17.9 Å². The molecule has 20 heavy (non-hydrogen) atoms. The number of carboxylic acids is 1. The van der Waals surface area contributed by atoms with Gasteiger partial charge in [0.1, 0.15) is 5.82 Å². The highest BCUT2D eigenvalue weighted by atomic mass is 16.4. The molecule has 1 heterocycles. The molecule has 0 aromatic carbocycles. The van der Waals surface area contributed by atoms with Gasteiger partial charge >= 0.3 is 12.0 Å². The fourth-order valence-electron chi connectivity index (χ4n) is 1.89. The van der Waals surface area contributed by atoms with Gasteiger partial charge in [-0.1, -0.05) is 13.8 Å². The van der Waals surface area contributed by atoms with Crippen LogP contribution in [0.15, 0.2) is 12.4 Å². The van der Waals surface area contributed by atoms with Crippen molar-refractivity contribution in [2.45, 2.75) is 33.2 Å². The topological polar surface area (TPSA) is 107 Å². The largest absolute Gasteiger partial charge is 0.481 e. The molecule has 0 aliphatic carbocycles.